The van der Waals surface area contributed by atoms with E-state index in [0.717, 1.165) is 5.56 Å². The van der Waals surface area contributed by atoms with Crippen LogP contribution in [0, 0.1) is 6.92 Å². The quantitative estimate of drug-likeness (QED) is 0.689. The Morgan fingerprint density at radius 3 is 2.35 bits per heavy atom. The molecule has 7 nitrogen and oxygen atoms in total. The van der Waals surface area contributed by atoms with Crippen molar-refractivity contribution in [3.63, 3.8) is 0 Å². The largest absolute Gasteiger partial charge is 0.507 e. The molecule has 0 fully saturated rings. The number of hydrogen-bond donors (Lipinski definition) is 3. The Labute approximate surface area is 151 Å². The highest BCUT2D eigenvalue weighted by Crippen LogP contribution is 2.19. The maximum absolute atomic E-state index is 12.1. The SMILES string of the molecule is CCOc1ccc(OC(C)C(=O)NNC(=O)c2ccc(C)cc2O)cc1. The summed E-state index contributed by atoms with van der Waals surface area (Å²) >= 11 is 0. The minimum absolute atomic E-state index is 0.0657. The van der Waals surface area contributed by atoms with Crippen LogP contribution in [0.1, 0.15) is 29.8 Å². The average molecular weight is 358 g/mol. The Morgan fingerprint density at radius 1 is 1.08 bits per heavy atom. The highest BCUT2D eigenvalue weighted by molar-refractivity contribution is 5.98. The van der Waals surface area contributed by atoms with Gasteiger partial charge in [0.15, 0.2) is 6.10 Å². The van der Waals surface area contributed by atoms with Gasteiger partial charge in [0.2, 0.25) is 0 Å². The number of aryl methyl sites for hydroxylation is 1. The number of ether oxygens (including phenoxy) is 2. The first kappa shape index (κ1) is 19.1. The van der Waals surface area contributed by atoms with Crippen molar-refractivity contribution in [1.29, 1.82) is 0 Å². The van der Waals surface area contributed by atoms with Crippen LogP contribution in [0.25, 0.3) is 0 Å². The average Bonchev–Trinajstić information content (AvgIpc) is 2.61. The second-order valence-electron chi connectivity index (χ2n) is 5.63. The molecule has 2 aromatic rings. The zero-order valence-corrected chi connectivity index (χ0v) is 14.9. The number of hydrazine groups is 1. The molecule has 0 aliphatic heterocycles. The standard InChI is InChI=1S/C19H22N2O5/c1-4-25-14-6-8-15(9-7-14)26-13(3)18(23)20-21-19(24)16-10-5-12(2)11-17(16)22/h5-11,13,22H,4H2,1-3H3,(H,20,23)(H,21,24). The molecule has 1 atom stereocenters. The molecule has 1 unspecified atom stereocenters. The van der Waals surface area contributed by atoms with Crippen molar-refractivity contribution in [2.45, 2.75) is 26.9 Å². The molecular formula is C19H22N2O5. The number of nitrogens with one attached hydrogen (secondary N) is 2. The van der Waals surface area contributed by atoms with Crippen LogP contribution in [0.5, 0.6) is 17.2 Å². The van der Waals surface area contributed by atoms with Gasteiger partial charge in [-0.25, -0.2) is 0 Å². The molecule has 0 heterocycles. The van der Waals surface area contributed by atoms with E-state index >= 15 is 0 Å². The Balaban J connectivity index is 1.87. The number of rotatable bonds is 6. The lowest BCUT2D eigenvalue weighted by molar-refractivity contribution is -0.128. The number of carbonyl (C=O) groups excluding carboxylic acids is 2. The van der Waals surface area contributed by atoms with E-state index in [1.807, 2.05) is 6.92 Å². The van der Waals surface area contributed by atoms with Crippen LogP contribution >= 0.6 is 0 Å². The van der Waals surface area contributed by atoms with Gasteiger partial charge in [-0.3, -0.25) is 20.4 Å². The van der Waals surface area contributed by atoms with E-state index < -0.39 is 17.9 Å². The minimum atomic E-state index is -0.833. The molecule has 0 aliphatic rings. The first-order valence-corrected chi connectivity index (χ1v) is 8.20. The summed E-state index contributed by atoms with van der Waals surface area (Å²) in [6.07, 6.45) is -0.833. The van der Waals surface area contributed by atoms with Gasteiger partial charge in [-0.2, -0.15) is 0 Å². The molecule has 0 saturated carbocycles. The van der Waals surface area contributed by atoms with Crippen molar-refractivity contribution < 1.29 is 24.2 Å². The molecule has 0 saturated heterocycles. The molecule has 2 amide bonds. The summed E-state index contributed by atoms with van der Waals surface area (Å²) in [6, 6.07) is 11.5. The Kier molecular flexibility index (Phi) is 6.43. The number of amides is 2. The third kappa shape index (κ3) is 5.14. The highest BCUT2D eigenvalue weighted by atomic mass is 16.5. The van der Waals surface area contributed by atoms with Crippen molar-refractivity contribution in [2.24, 2.45) is 0 Å². The van der Waals surface area contributed by atoms with Gasteiger partial charge in [0.25, 0.3) is 11.8 Å². The number of aromatic hydroxyl groups is 1. The van der Waals surface area contributed by atoms with Gasteiger partial charge in [-0.15, -0.1) is 0 Å². The maximum Gasteiger partial charge on any atom is 0.279 e. The molecule has 0 aliphatic carbocycles. The summed E-state index contributed by atoms with van der Waals surface area (Å²) < 4.78 is 10.9. The number of carbonyl (C=O) groups is 2. The summed E-state index contributed by atoms with van der Waals surface area (Å²) in [5.74, 6) is -0.0980. The Morgan fingerprint density at radius 2 is 1.73 bits per heavy atom. The van der Waals surface area contributed by atoms with E-state index in [0.29, 0.717) is 18.1 Å². The highest BCUT2D eigenvalue weighted by Gasteiger charge is 2.17. The normalized spacial score (nSPS) is 11.3. The lowest BCUT2D eigenvalue weighted by Gasteiger charge is -2.15. The molecule has 0 bridgehead atoms. The number of phenolic OH excluding ortho intramolecular Hbond substituents is 1. The maximum atomic E-state index is 12.1. The van der Waals surface area contributed by atoms with Gasteiger partial charge < -0.3 is 14.6 Å². The van der Waals surface area contributed by atoms with Crippen LogP contribution in [0.2, 0.25) is 0 Å². The molecule has 0 spiro atoms. The smallest absolute Gasteiger partial charge is 0.279 e. The van der Waals surface area contributed by atoms with E-state index in [1.54, 1.807) is 44.2 Å². The van der Waals surface area contributed by atoms with Gasteiger partial charge >= 0.3 is 0 Å². The second kappa shape index (κ2) is 8.75. The number of benzene rings is 2. The molecule has 26 heavy (non-hydrogen) atoms. The summed E-state index contributed by atoms with van der Waals surface area (Å²) in [7, 11) is 0. The molecule has 3 N–H and O–H groups in total. The summed E-state index contributed by atoms with van der Waals surface area (Å²) in [5, 5.41) is 9.78. The predicted molar refractivity (Wildman–Crippen MR) is 96.2 cm³/mol. The topological polar surface area (TPSA) is 96.9 Å². The fraction of sp³-hybridized carbons (Fsp3) is 0.263. The summed E-state index contributed by atoms with van der Waals surface area (Å²) in [5.41, 5.74) is 5.41. The van der Waals surface area contributed by atoms with Crippen LogP contribution in [-0.2, 0) is 4.79 Å². The fourth-order valence-electron chi connectivity index (χ4n) is 2.16. The van der Waals surface area contributed by atoms with Crippen LogP contribution in [0.4, 0.5) is 0 Å². The zero-order chi connectivity index (χ0) is 19.1. The molecule has 2 aromatic carbocycles. The molecule has 0 radical (unpaired) electrons. The van der Waals surface area contributed by atoms with Gasteiger partial charge in [0.05, 0.1) is 12.2 Å². The van der Waals surface area contributed by atoms with Crippen molar-refractivity contribution in [3.8, 4) is 17.2 Å². The fourth-order valence-corrected chi connectivity index (χ4v) is 2.16. The lowest BCUT2D eigenvalue weighted by atomic mass is 10.1. The molecule has 2 rings (SSSR count). The second-order valence-corrected chi connectivity index (χ2v) is 5.63. The Bertz CT molecular complexity index is 774. The molecular weight excluding hydrogens is 336 g/mol. The van der Waals surface area contributed by atoms with Crippen molar-refractivity contribution in [2.75, 3.05) is 6.61 Å². The number of hydrogen-bond acceptors (Lipinski definition) is 5. The predicted octanol–water partition coefficient (Wildman–Crippen LogP) is 2.33. The third-order valence-corrected chi connectivity index (χ3v) is 3.51. The first-order valence-electron chi connectivity index (χ1n) is 8.20. The molecule has 7 heteroatoms. The van der Waals surface area contributed by atoms with Gasteiger partial charge in [-0.05, 0) is 62.7 Å². The van der Waals surface area contributed by atoms with E-state index in [1.165, 1.54) is 12.1 Å². The van der Waals surface area contributed by atoms with Gasteiger partial charge in [0.1, 0.15) is 17.2 Å². The van der Waals surface area contributed by atoms with E-state index in [2.05, 4.69) is 10.9 Å². The summed E-state index contributed by atoms with van der Waals surface area (Å²) in [4.78, 5) is 24.1. The van der Waals surface area contributed by atoms with Crippen molar-refractivity contribution in [1.82, 2.24) is 10.9 Å². The number of phenols is 1. The molecule has 0 aromatic heterocycles. The Hall–Kier alpha value is -3.22. The van der Waals surface area contributed by atoms with E-state index in [-0.39, 0.29) is 11.3 Å². The van der Waals surface area contributed by atoms with Gasteiger partial charge in [0, 0.05) is 0 Å². The molecule has 138 valence electrons. The van der Waals surface area contributed by atoms with E-state index in [9.17, 15) is 14.7 Å². The van der Waals surface area contributed by atoms with Crippen LogP contribution in [0.3, 0.4) is 0 Å². The van der Waals surface area contributed by atoms with E-state index in [4.69, 9.17) is 9.47 Å². The van der Waals surface area contributed by atoms with Crippen molar-refractivity contribution in [3.05, 3.63) is 53.6 Å². The zero-order valence-electron chi connectivity index (χ0n) is 14.9. The van der Waals surface area contributed by atoms with Crippen LogP contribution < -0.4 is 20.3 Å². The van der Waals surface area contributed by atoms with Crippen molar-refractivity contribution >= 4 is 11.8 Å². The minimum Gasteiger partial charge on any atom is -0.507 e. The van der Waals surface area contributed by atoms with Gasteiger partial charge in [-0.1, -0.05) is 6.07 Å². The summed E-state index contributed by atoms with van der Waals surface area (Å²) in [6.45, 7) is 5.81. The van der Waals surface area contributed by atoms with Crippen LogP contribution in [-0.4, -0.2) is 29.6 Å². The first-order chi connectivity index (χ1) is 12.4. The lowest BCUT2D eigenvalue weighted by Crippen LogP contribution is -2.47. The van der Waals surface area contributed by atoms with Crippen LogP contribution in [0.15, 0.2) is 42.5 Å². The monoisotopic (exact) mass is 358 g/mol. The third-order valence-electron chi connectivity index (χ3n) is 3.51.